The summed E-state index contributed by atoms with van der Waals surface area (Å²) >= 11 is 0. The van der Waals surface area contributed by atoms with E-state index in [1.54, 1.807) is 26.0 Å². The van der Waals surface area contributed by atoms with Gasteiger partial charge in [0.05, 0.1) is 24.3 Å². The Kier molecular flexibility index (Phi) is 6.42. The molecule has 32 heavy (non-hydrogen) atoms. The van der Waals surface area contributed by atoms with Gasteiger partial charge >= 0.3 is 11.9 Å². The number of fused-ring (bicyclic) bond motifs is 1. The van der Waals surface area contributed by atoms with E-state index in [1.165, 1.54) is 26.0 Å². The zero-order chi connectivity index (χ0) is 23.6. The molecule has 1 aromatic carbocycles. The second kappa shape index (κ2) is 9.04. The first kappa shape index (κ1) is 22.7. The fourth-order valence-corrected chi connectivity index (χ4v) is 3.37. The van der Waals surface area contributed by atoms with E-state index >= 15 is 0 Å². The molecule has 2 heterocycles. The molecule has 0 fully saturated rings. The number of hydrogen-bond donors (Lipinski definition) is 1. The first-order chi connectivity index (χ1) is 15.2. The first-order valence-corrected chi connectivity index (χ1v) is 9.98. The number of anilines is 1. The highest BCUT2D eigenvalue weighted by molar-refractivity contribution is 6.23. The SMILES string of the molecule is CCOC(=O)c1c(C)oc(NC(=O)C(C)N2C(=O)c3ccccc3C2=O)c1C(=O)OCC. The Bertz CT molecular complexity index is 1080. The van der Waals surface area contributed by atoms with Crippen molar-refractivity contribution in [1.82, 2.24) is 4.90 Å². The number of nitrogens with one attached hydrogen (secondary N) is 1. The number of ether oxygens (including phenoxy) is 2. The minimum absolute atomic E-state index is 0.0180. The van der Waals surface area contributed by atoms with Crippen LogP contribution in [0.2, 0.25) is 0 Å². The minimum atomic E-state index is -1.23. The first-order valence-electron chi connectivity index (χ1n) is 9.98. The van der Waals surface area contributed by atoms with E-state index in [2.05, 4.69) is 5.32 Å². The molecule has 168 valence electrons. The van der Waals surface area contributed by atoms with Crippen molar-refractivity contribution >= 4 is 35.5 Å². The van der Waals surface area contributed by atoms with Crippen LogP contribution < -0.4 is 5.32 Å². The summed E-state index contributed by atoms with van der Waals surface area (Å²) in [6.07, 6.45) is 0. The standard InChI is InChI=1S/C22H22N2O8/c1-5-30-21(28)15-12(4)32-18(16(15)22(29)31-6-2)23-17(25)11(3)24-19(26)13-9-7-8-10-14(13)20(24)27/h7-11H,5-6H2,1-4H3,(H,23,25). The third-order valence-corrected chi connectivity index (χ3v) is 4.87. The van der Waals surface area contributed by atoms with E-state index < -0.39 is 35.7 Å². The molecule has 0 spiro atoms. The summed E-state index contributed by atoms with van der Waals surface area (Å²) in [5.41, 5.74) is -0.0784. The van der Waals surface area contributed by atoms with Gasteiger partial charge in [0.15, 0.2) is 0 Å². The van der Waals surface area contributed by atoms with Crippen LogP contribution in [-0.4, -0.2) is 53.8 Å². The van der Waals surface area contributed by atoms with Gasteiger partial charge in [-0.25, -0.2) is 9.59 Å². The van der Waals surface area contributed by atoms with Crippen molar-refractivity contribution in [1.29, 1.82) is 0 Å². The maximum absolute atomic E-state index is 12.9. The molecule has 1 aliphatic rings. The van der Waals surface area contributed by atoms with Crippen LogP contribution in [-0.2, 0) is 14.3 Å². The maximum Gasteiger partial charge on any atom is 0.344 e. The Morgan fingerprint density at radius 1 is 0.969 bits per heavy atom. The molecule has 1 atom stereocenters. The summed E-state index contributed by atoms with van der Waals surface area (Å²) in [6, 6.07) is 5.01. The van der Waals surface area contributed by atoms with Crippen LogP contribution in [0.25, 0.3) is 0 Å². The Balaban J connectivity index is 1.91. The number of imide groups is 1. The fraction of sp³-hybridized carbons (Fsp3) is 0.318. The number of benzene rings is 1. The molecular formula is C22H22N2O8. The molecule has 0 saturated carbocycles. The number of furan rings is 1. The van der Waals surface area contributed by atoms with Crippen molar-refractivity contribution in [3.63, 3.8) is 0 Å². The van der Waals surface area contributed by atoms with Gasteiger partial charge in [0.2, 0.25) is 11.8 Å². The van der Waals surface area contributed by atoms with E-state index in [9.17, 15) is 24.0 Å². The summed E-state index contributed by atoms with van der Waals surface area (Å²) in [7, 11) is 0. The predicted molar refractivity (Wildman–Crippen MR) is 110 cm³/mol. The molecule has 1 aliphatic heterocycles. The van der Waals surface area contributed by atoms with E-state index in [0.717, 1.165) is 4.90 Å². The third-order valence-electron chi connectivity index (χ3n) is 4.87. The molecule has 10 nitrogen and oxygen atoms in total. The highest BCUT2D eigenvalue weighted by Gasteiger charge is 2.41. The molecule has 1 N–H and O–H groups in total. The molecule has 0 bridgehead atoms. The van der Waals surface area contributed by atoms with Crippen molar-refractivity contribution in [3.05, 3.63) is 52.3 Å². The van der Waals surface area contributed by atoms with Gasteiger partial charge in [-0.05, 0) is 39.8 Å². The molecule has 3 amide bonds. The van der Waals surface area contributed by atoms with Gasteiger partial charge < -0.3 is 13.9 Å². The van der Waals surface area contributed by atoms with Crippen LogP contribution in [0.15, 0.2) is 28.7 Å². The summed E-state index contributed by atoms with van der Waals surface area (Å²) in [5.74, 6) is -4.02. The number of hydrogen-bond acceptors (Lipinski definition) is 8. The summed E-state index contributed by atoms with van der Waals surface area (Å²) < 4.78 is 15.4. The van der Waals surface area contributed by atoms with Crippen molar-refractivity contribution < 1.29 is 37.9 Å². The zero-order valence-electron chi connectivity index (χ0n) is 18.0. The number of carbonyl (C=O) groups is 5. The van der Waals surface area contributed by atoms with E-state index in [1.807, 2.05) is 0 Å². The topological polar surface area (TPSA) is 132 Å². The lowest BCUT2D eigenvalue weighted by Gasteiger charge is -2.21. The maximum atomic E-state index is 12.9. The molecule has 0 aliphatic carbocycles. The lowest BCUT2D eigenvalue weighted by atomic mass is 10.1. The minimum Gasteiger partial charge on any atom is -0.462 e. The molecule has 1 aromatic heterocycles. The smallest absolute Gasteiger partial charge is 0.344 e. The van der Waals surface area contributed by atoms with Crippen molar-refractivity contribution in [3.8, 4) is 0 Å². The Hall–Kier alpha value is -3.95. The average molecular weight is 442 g/mol. The van der Waals surface area contributed by atoms with Gasteiger partial charge in [-0.3, -0.25) is 24.6 Å². The van der Waals surface area contributed by atoms with Gasteiger partial charge in [-0.2, -0.15) is 0 Å². The van der Waals surface area contributed by atoms with Crippen molar-refractivity contribution in [2.45, 2.75) is 33.7 Å². The van der Waals surface area contributed by atoms with E-state index in [0.29, 0.717) is 0 Å². The number of rotatable bonds is 7. The normalized spacial score (nSPS) is 13.6. The van der Waals surface area contributed by atoms with Crippen LogP contribution in [0.1, 0.15) is 68.0 Å². The largest absolute Gasteiger partial charge is 0.462 e. The molecular weight excluding hydrogens is 420 g/mol. The highest BCUT2D eigenvalue weighted by Crippen LogP contribution is 2.30. The number of aryl methyl sites for hydroxylation is 1. The molecule has 0 radical (unpaired) electrons. The van der Waals surface area contributed by atoms with Gasteiger partial charge in [-0.15, -0.1) is 0 Å². The monoisotopic (exact) mass is 442 g/mol. The van der Waals surface area contributed by atoms with Crippen LogP contribution >= 0.6 is 0 Å². The second-order valence-corrected chi connectivity index (χ2v) is 6.87. The van der Waals surface area contributed by atoms with Crippen LogP contribution in [0.4, 0.5) is 5.88 Å². The van der Waals surface area contributed by atoms with E-state index in [4.69, 9.17) is 13.9 Å². The summed E-state index contributed by atoms with van der Waals surface area (Å²) in [5, 5.41) is 2.39. The zero-order valence-corrected chi connectivity index (χ0v) is 18.0. The predicted octanol–water partition coefficient (Wildman–Crippen LogP) is 2.56. The number of carbonyl (C=O) groups excluding carboxylic acids is 5. The summed E-state index contributed by atoms with van der Waals surface area (Å²) in [4.78, 5) is 63.9. The fourth-order valence-electron chi connectivity index (χ4n) is 3.37. The number of esters is 2. The molecule has 2 aromatic rings. The molecule has 10 heteroatoms. The lowest BCUT2D eigenvalue weighted by molar-refractivity contribution is -0.119. The average Bonchev–Trinajstić information content (AvgIpc) is 3.21. The number of amides is 3. The van der Waals surface area contributed by atoms with Crippen molar-refractivity contribution in [2.75, 3.05) is 18.5 Å². The van der Waals surface area contributed by atoms with E-state index in [-0.39, 0.29) is 47.1 Å². The van der Waals surface area contributed by atoms with Crippen LogP contribution in [0.3, 0.4) is 0 Å². The Morgan fingerprint density at radius 3 is 1.97 bits per heavy atom. The molecule has 1 unspecified atom stereocenters. The molecule has 0 saturated heterocycles. The Labute approximate surface area is 183 Å². The summed E-state index contributed by atoms with van der Waals surface area (Å²) in [6.45, 7) is 6.05. The lowest BCUT2D eigenvalue weighted by Crippen LogP contribution is -2.45. The highest BCUT2D eigenvalue weighted by atomic mass is 16.5. The van der Waals surface area contributed by atoms with Crippen LogP contribution in [0.5, 0.6) is 0 Å². The van der Waals surface area contributed by atoms with Gasteiger partial charge in [-0.1, -0.05) is 12.1 Å². The Morgan fingerprint density at radius 2 is 1.47 bits per heavy atom. The van der Waals surface area contributed by atoms with Gasteiger partial charge in [0, 0.05) is 0 Å². The molecule has 3 rings (SSSR count). The second-order valence-electron chi connectivity index (χ2n) is 6.87. The van der Waals surface area contributed by atoms with Gasteiger partial charge in [0.1, 0.15) is 22.9 Å². The van der Waals surface area contributed by atoms with Crippen LogP contribution in [0, 0.1) is 6.92 Å². The number of nitrogens with zero attached hydrogens (tertiary/aromatic N) is 1. The van der Waals surface area contributed by atoms with Gasteiger partial charge in [0.25, 0.3) is 11.8 Å². The third kappa shape index (κ3) is 3.86. The quantitative estimate of drug-likeness (QED) is 0.511. The van der Waals surface area contributed by atoms with Crippen molar-refractivity contribution in [2.24, 2.45) is 0 Å².